The fourth-order valence-electron chi connectivity index (χ4n) is 5.16. The number of anilines is 1. The van der Waals surface area contributed by atoms with Crippen LogP contribution in [0.4, 0.5) is 10.1 Å². The fraction of sp³-hybridized carbons (Fsp3) is 0.462. The Morgan fingerprint density at radius 1 is 1.00 bits per heavy atom. The molecule has 1 aromatic heterocycles. The molecule has 4 atom stereocenters. The van der Waals surface area contributed by atoms with Gasteiger partial charge >= 0.3 is 0 Å². The van der Waals surface area contributed by atoms with Crippen LogP contribution in [0.25, 0.3) is 0 Å². The van der Waals surface area contributed by atoms with Crippen molar-refractivity contribution in [3.05, 3.63) is 78.1 Å². The number of aromatic nitrogens is 3. The Morgan fingerprint density at radius 3 is 2.52 bits per heavy atom. The molecule has 5 rings (SSSR count). The summed E-state index contributed by atoms with van der Waals surface area (Å²) in [6.07, 6.45) is 6.90. The maximum Gasteiger partial charge on any atom is 0.129 e. The molecule has 5 nitrogen and oxygen atoms in total. The Hall–Kier alpha value is -2.38. The van der Waals surface area contributed by atoms with Crippen molar-refractivity contribution in [2.45, 2.75) is 57.0 Å². The number of hydrogen-bond donors (Lipinski definition) is 0. The molecule has 0 aliphatic carbocycles. The molecule has 0 spiro atoms. The van der Waals surface area contributed by atoms with Gasteiger partial charge in [0.1, 0.15) is 18.5 Å². The van der Waals surface area contributed by atoms with Crippen LogP contribution in [0.2, 0.25) is 0 Å². The van der Waals surface area contributed by atoms with Gasteiger partial charge in [-0.1, -0.05) is 55.3 Å². The summed E-state index contributed by atoms with van der Waals surface area (Å²) in [5, 5.41) is 8.34. The fourth-order valence-corrected chi connectivity index (χ4v) is 6.54. The second kappa shape index (κ2) is 9.85. The minimum atomic E-state index is -0.101. The first-order chi connectivity index (χ1) is 16.1. The predicted octanol–water partition coefficient (Wildman–Crippen LogP) is 5.88. The summed E-state index contributed by atoms with van der Waals surface area (Å²) in [7, 11) is 0. The predicted molar refractivity (Wildman–Crippen MR) is 132 cm³/mol. The van der Waals surface area contributed by atoms with Crippen LogP contribution in [0.3, 0.4) is 0 Å². The van der Waals surface area contributed by atoms with Gasteiger partial charge in [0, 0.05) is 48.2 Å². The van der Waals surface area contributed by atoms with E-state index < -0.39 is 0 Å². The van der Waals surface area contributed by atoms with Crippen molar-refractivity contribution >= 4 is 17.6 Å². The average molecular weight is 466 g/mol. The number of nitrogens with zero attached hydrogens (tertiary/aromatic N) is 5. The third kappa shape index (κ3) is 4.94. The van der Waals surface area contributed by atoms with E-state index in [1.54, 1.807) is 18.7 Å². The molecule has 0 radical (unpaired) electrons. The van der Waals surface area contributed by atoms with Gasteiger partial charge in [-0.2, -0.15) is 0 Å². The van der Waals surface area contributed by atoms with Crippen LogP contribution < -0.4 is 4.90 Å². The largest absolute Gasteiger partial charge is 0.371 e. The molecule has 7 heteroatoms. The van der Waals surface area contributed by atoms with E-state index in [0.29, 0.717) is 29.8 Å². The normalized spacial score (nSPS) is 26.5. The van der Waals surface area contributed by atoms with E-state index in [4.69, 9.17) is 0 Å². The van der Waals surface area contributed by atoms with Gasteiger partial charge in [0.2, 0.25) is 0 Å². The second-order valence-electron chi connectivity index (χ2n) is 9.47. The molecule has 2 saturated heterocycles. The van der Waals surface area contributed by atoms with E-state index in [-0.39, 0.29) is 5.82 Å². The van der Waals surface area contributed by atoms with E-state index in [2.05, 4.69) is 74.2 Å². The molecule has 3 aromatic rings. The molecule has 2 aliphatic rings. The Morgan fingerprint density at radius 2 is 1.79 bits per heavy atom. The monoisotopic (exact) mass is 465 g/mol. The molecular formula is C26H32FN5S. The van der Waals surface area contributed by atoms with Crippen molar-refractivity contribution in [2.75, 3.05) is 18.0 Å². The molecule has 0 N–H and O–H groups in total. The minimum Gasteiger partial charge on any atom is -0.371 e. The van der Waals surface area contributed by atoms with Crippen LogP contribution >= 0.6 is 11.9 Å². The number of benzene rings is 2. The topological polar surface area (TPSA) is 37.2 Å². The molecule has 2 aliphatic heterocycles. The molecule has 0 unspecified atom stereocenters. The zero-order valence-electron chi connectivity index (χ0n) is 19.3. The Labute approximate surface area is 200 Å². The standard InChI is InChI=1S/C26H32FN5S/c1-19-15-30(13-12-25(19)31-17-28-29-18-31)23-10-9-22(24(27)14-23)16-32-20(2)8-11-26(33-32)21-6-4-3-5-7-21/h3-7,9-10,14,17-20,25-26H,8,11-13,15-16H2,1-2H3/t19-,20+,25-,26-/m1/s1. The minimum absolute atomic E-state index is 0.101. The van der Waals surface area contributed by atoms with Gasteiger partial charge in [-0.15, -0.1) is 10.2 Å². The van der Waals surface area contributed by atoms with Gasteiger partial charge in [0.25, 0.3) is 0 Å². The molecule has 0 saturated carbocycles. The zero-order chi connectivity index (χ0) is 22.8. The van der Waals surface area contributed by atoms with E-state index in [1.165, 1.54) is 5.56 Å². The molecule has 33 heavy (non-hydrogen) atoms. The first-order valence-corrected chi connectivity index (χ1v) is 12.8. The summed E-state index contributed by atoms with van der Waals surface area (Å²) in [5.74, 6) is 0.341. The third-order valence-corrected chi connectivity index (χ3v) is 8.70. The van der Waals surface area contributed by atoms with Crippen molar-refractivity contribution in [1.29, 1.82) is 0 Å². The van der Waals surface area contributed by atoms with Crippen molar-refractivity contribution < 1.29 is 4.39 Å². The Kier molecular flexibility index (Phi) is 6.69. The van der Waals surface area contributed by atoms with Crippen molar-refractivity contribution in [3.63, 3.8) is 0 Å². The molecule has 3 heterocycles. The van der Waals surface area contributed by atoms with Gasteiger partial charge in [0.15, 0.2) is 0 Å². The van der Waals surface area contributed by atoms with Crippen molar-refractivity contribution in [2.24, 2.45) is 5.92 Å². The lowest BCUT2D eigenvalue weighted by Gasteiger charge is -2.39. The van der Waals surface area contributed by atoms with E-state index in [0.717, 1.165) is 43.6 Å². The van der Waals surface area contributed by atoms with Gasteiger partial charge in [-0.3, -0.25) is 0 Å². The lowest BCUT2D eigenvalue weighted by Crippen LogP contribution is -2.40. The summed E-state index contributed by atoms with van der Waals surface area (Å²) in [5.41, 5.74) is 3.12. The van der Waals surface area contributed by atoms with Crippen LogP contribution in [-0.4, -0.2) is 38.2 Å². The van der Waals surface area contributed by atoms with Crippen LogP contribution in [-0.2, 0) is 6.54 Å². The van der Waals surface area contributed by atoms with Crippen molar-refractivity contribution in [1.82, 2.24) is 19.1 Å². The number of halogens is 1. The summed E-state index contributed by atoms with van der Waals surface area (Å²) in [6.45, 7) is 6.94. The summed E-state index contributed by atoms with van der Waals surface area (Å²) in [4.78, 5) is 2.31. The average Bonchev–Trinajstić information content (AvgIpc) is 3.37. The molecular weight excluding hydrogens is 433 g/mol. The summed E-state index contributed by atoms with van der Waals surface area (Å²) < 4.78 is 19.7. The van der Waals surface area contributed by atoms with E-state index in [1.807, 2.05) is 18.0 Å². The molecule has 2 fully saturated rings. The van der Waals surface area contributed by atoms with Crippen molar-refractivity contribution in [3.8, 4) is 0 Å². The second-order valence-corrected chi connectivity index (χ2v) is 10.7. The maximum absolute atomic E-state index is 15.2. The Balaban J connectivity index is 1.24. The third-order valence-electron chi connectivity index (χ3n) is 7.18. The maximum atomic E-state index is 15.2. The lowest BCUT2D eigenvalue weighted by atomic mass is 9.93. The number of hydrogen-bond acceptors (Lipinski definition) is 5. The number of rotatable bonds is 5. The quantitative estimate of drug-likeness (QED) is 0.440. The van der Waals surface area contributed by atoms with Gasteiger partial charge in [-0.05, 0) is 49.8 Å². The van der Waals surface area contributed by atoms with E-state index >= 15 is 4.39 Å². The van der Waals surface area contributed by atoms with E-state index in [9.17, 15) is 0 Å². The first kappa shape index (κ1) is 22.4. The van der Waals surface area contributed by atoms with Gasteiger partial charge in [0.05, 0.1) is 0 Å². The SMILES string of the molecule is C[C@@H]1CN(c2ccc(CN3S[C@@H](c4ccccc4)CC[C@@H]3C)c(F)c2)CC[C@H]1n1cnnc1. The summed E-state index contributed by atoms with van der Waals surface area (Å²) >= 11 is 1.87. The first-order valence-electron chi connectivity index (χ1n) is 11.9. The van der Waals surface area contributed by atoms with Crippen LogP contribution in [0.5, 0.6) is 0 Å². The highest BCUT2D eigenvalue weighted by Crippen LogP contribution is 2.43. The van der Waals surface area contributed by atoms with Gasteiger partial charge in [-0.25, -0.2) is 8.70 Å². The van der Waals surface area contributed by atoms with Crippen LogP contribution in [0.15, 0.2) is 61.2 Å². The molecule has 0 amide bonds. The lowest BCUT2D eigenvalue weighted by molar-refractivity contribution is 0.296. The van der Waals surface area contributed by atoms with Crippen LogP contribution in [0, 0.1) is 11.7 Å². The Bertz CT molecular complexity index is 1040. The zero-order valence-corrected chi connectivity index (χ0v) is 20.2. The summed E-state index contributed by atoms with van der Waals surface area (Å²) in [6, 6.07) is 17.3. The highest BCUT2D eigenvalue weighted by Gasteiger charge is 2.30. The highest BCUT2D eigenvalue weighted by molar-refractivity contribution is 7.97. The highest BCUT2D eigenvalue weighted by atomic mass is 32.2. The molecule has 0 bridgehead atoms. The smallest absolute Gasteiger partial charge is 0.129 e. The molecule has 174 valence electrons. The molecule has 2 aromatic carbocycles. The van der Waals surface area contributed by atoms with Crippen LogP contribution in [0.1, 0.15) is 55.5 Å². The van der Waals surface area contributed by atoms with Gasteiger partial charge < -0.3 is 9.47 Å². The number of piperidine rings is 1.